The summed E-state index contributed by atoms with van der Waals surface area (Å²) in [6.45, 7) is 6.07. The van der Waals surface area contributed by atoms with E-state index in [1.54, 1.807) is 0 Å². The molecule has 11 nitrogen and oxygen atoms in total. The van der Waals surface area contributed by atoms with Gasteiger partial charge in [0.1, 0.15) is 23.4 Å². The molecular weight excluding hydrogens is 688 g/mol. The number of amides is 2. The summed E-state index contributed by atoms with van der Waals surface area (Å²) >= 11 is 0. The summed E-state index contributed by atoms with van der Waals surface area (Å²) in [6.07, 6.45) is 22.8. The number of carboxylic acids is 2. The second kappa shape index (κ2) is 34.4. The number of carbonyl (C=O) groups is 7. The number of hydrogen-bond acceptors (Lipinski definition) is 7. The SMILES string of the molecule is CC(=O)[C@H](CCCCNC(=O)CCCCCCC(=O)CC[C@H](NC(=O)CCCCCCCCCCCCCCCCC(=O)O)C(=O)O)CC(=O)CC(C)C. The Balaban J connectivity index is 3.83. The maximum absolute atomic E-state index is 12.4. The first-order valence-corrected chi connectivity index (χ1v) is 21.4. The molecule has 54 heavy (non-hydrogen) atoms. The highest BCUT2D eigenvalue weighted by atomic mass is 16.4. The molecule has 0 aromatic rings. The fourth-order valence-electron chi connectivity index (χ4n) is 6.69. The normalized spacial score (nSPS) is 12.3. The van der Waals surface area contributed by atoms with Gasteiger partial charge < -0.3 is 20.8 Å². The van der Waals surface area contributed by atoms with Crippen molar-refractivity contribution in [2.45, 2.75) is 213 Å². The molecule has 0 rings (SSSR count). The topological polar surface area (TPSA) is 184 Å². The van der Waals surface area contributed by atoms with Gasteiger partial charge in [0, 0.05) is 57.4 Å². The molecule has 0 unspecified atom stereocenters. The number of unbranched alkanes of at least 4 members (excludes halogenated alkanes) is 17. The monoisotopic (exact) mass is 765 g/mol. The van der Waals surface area contributed by atoms with Crippen molar-refractivity contribution < 1.29 is 43.8 Å². The standard InChI is InChI=1S/C43H76N2O9/c1-34(2)32-38(48)33-36(35(3)46)24-22-23-31-44-40(49)26-19-17-16-18-25-37(47)29-30-39(43(53)54)45-41(50)27-20-14-12-10-8-6-4-5-7-9-11-13-15-21-28-42(51)52/h34,36,39H,4-33H2,1-3H3,(H,44,49)(H,45,50)(H,51,52)(H,53,54)/t36-,39+/m1/s1. The zero-order chi connectivity index (χ0) is 40.4. The van der Waals surface area contributed by atoms with Gasteiger partial charge in [0.15, 0.2) is 0 Å². The summed E-state index contributed by atoms with van der Waals surface area (Å²) in [7, 11) is 0. The molecule has 0 fully saturated rings. The van der Waals surface area contributed by atoms with Crippen LogP contribution < -0.4 is 10.6 Å². The highest BCUT2D eigenvalue weighted by Gasteiger charge is 2.21. The van der Waals surface area contributed by atoms with Gasteiger partial charge in [-0.1, -0.05) is 110 Å². The first-order chi connectivity index (χ1) is 25.8. The van der Waals surface area contributed by atoms with Gasteiger partial charge in [-0.2, -0.15) is 0 Å². The lowest BCUT2D eigenvalue weighted by Gasteiger charge is -2.14. The van der Waals surface area contributed by atoms with Gasteiger partial charge in [-0.15, -0.1) is 0 Å². The van der Waals surface area contributed by atoms with Crippen molar-refractivity contribution in [3.63, 3.8) is 0 Å². The lowest BCUT2D eigenvalue weighted by atomic mass is 9.90. The van der Waals surface area contributed by atoms with Crippen LogP contribution in [0.2, 0.25) is 0 Å². The minimum absolute atomic E-state index is 0.0165. The van der Waals surface area contributed by atoms with E-state index in [0.717, 1.165) is 77.0 Å². The fourth-order valence-corrected chi connectivity index (χ4v) is 6.69. The molecule has 312 valence electrons. The third-order valence-corrected chi connectivity index (χ3v) is 9.99. The Hall–Kier alpha value is -3.11. The van der Waals surface area contributed by atoms with Crippen LogP contribution in [-0.4, -0.2) is 63.9 Å². The Bertz CT molecular complexity index is 1080. The van der Waals surface area contributed by atoms with E-state index in [2.05, 4.69) is 10.6 Å². The first kappa shape index (κ1) is 50.9. The molecule has 0 spiro atoms. The fraction of sp³-hybridized carbons (Fsp3) is 0.837. The summed E-state index contributed by atoms with van der Waals surface area (Å²) in [4.78, 5) is 83.1. The molecular formula is C43H76N2O9. The molecule has 0 aliphatic heterocycles. The number of ketones is 3. The van der Waals surface area contributed by atoms with E-state index in [1.807, 2.05) is 13.8 Å². The van der Waals surface area contributed by atoms with E-state index in [9.17, 15) is 38.7 Å². The number of aliphatic carboxylic acids is 2. The number of carboxylic acid groups (broad SMARTS) is 2. The molecule has 0 heterocycles. The molecule has 0 aromatic carbocycles. The number of hydrogen-bond donors (Lipinski definition) is 4. The van der Waals surface area contributed by atoms with Crippen molar-refractivity contribution in [2.24, 2.45) is 11.8 Å². The van der Waals surface area contributed by atoms with E-state index in [-0.39, 0.29) is 66.7 Å². The van der Waals surface area contributed by atoms with E-state index in [4.69, 9.17) is 5.11 Å². The summed E-state index contributed by atoms with van der Waals surface area (Å²) in [6, 6.07) is -1.06. The molecule has 0 aliphatic rings. The zero-order valence-electron chi connectivity index (χ0n) is 34.2. The zero-order valence-corrected chi connectivity index (χ0v) is 34.2. The second-order valence-electron chi connectivity index (χ2n) is 15.8. The average molecular weight is 765 g/mol. The minimum Gasteiger partial charge on any atom is -0.481 e. The maximum Gasteiger partial charge on any atom is 0.326 e. The summed E-state index contributed by atoms with van der Waals surface area (Å²) in [5, 5.41) is 23.7. The highest BCUT2D eigenvalue weighted by Crippen LogP contribution is 2.18. The molecule has 0 bridgehead atoms. The van der Waals surface area contributed by atoms with Crippen LogP contribution >= 0.6 is 0 Å². The van der Waals surface area contributed by atoms with Gasteiger partial charge >= 0.3 is 11.9 Å². The van der Waals surface area contributed by atoms with Crippen molar-refractivity contribution in [3.05, 3.63) is 0 Å². The average Bonchev–Trinajstić information content (AvgIpc) is 3.09. The molecule has 0 saturated heterocycles. The van der Waals surface area contributed by atoms with Gasteiger partial charge in [-0.3, -0.25) is 28.8 Å². The highest BCUT2D eigenvalue weighted by molar-refractivity contribution is 5.87. The van der Waals surface area contributed by atoms with Gasteiger partial charge in [0.2, 0.25) is 11.8 Å². The van der Waals surface area contributed by atoms with Crippen LogP contribution in [0.4, 0.5) is 0 Å². The van der Waals surface area contributed by atoms with E-state index in [0.29, 0.717) is 45.1 Å². The number of carbonyl (C=O) groups excluding carboxylic acids is 5. The molecule has 0 aromatic heterocycles. The lowest BCUT2D eigenvalue weighted by Crippen LogP contribution is -2.41. The van der Waals surface area contributed by atoms with E-state index in [1.165, 1.54) is 51.9 Å². The maximum atomic E-state index is 12.4. The van der Waals surface area contributed by atoms with Crippen LogP contribution in [0.25, 0.3) is 0 Å². The third kappa shape index (κ3) is 33.5. The van der Waals surface area contributed by atoms with Crippen molar-refractivity contribution >= 4 is 41.1 Å². The largest absolute Gasteiger partial charge is 0.481 e. The Kier molecular flexibility index (Phi) is 32.4. The van der Waals surface area contributed by atoms with Crippen molar-refractivity contribution in [1.29, 1.82) is 0 Å². The second-order valence-corrected chi connectivity index (χ2v) is 15.8. The Labute approximate surface area is 326 Å². The van der Waals surface area contributed by atoms with E-state index < -0.39 is 18.0 Å². The smallest absolute Gasteiger partial charge is 0.326 e. The molecule has 11 heteroatoms. The van der Waals surface area contributed by atoms with Gasteiger partial charge in [0.25, 0.3) is 0 Å². The number of Topliss-reactive ketones (excluding diaryl/α,β-unsaturated/α-hetero) is 3. The van der Waals surface area contributed by atoms with Crippen molar-refractivity contribution in [2.75, 3.05) is 6.54 Å². The summed E-state index contributed by atoms with van der Waals surface area (Å²) in [5.74, 6) is -1.93. The number of rotatable bonds is 39. The molecule has 0 saturated carbocycles. The van der Waals surface area contributed by atoms with Gasteiger partial charge in [-0.25, -0.2) is 4.79 Å². The minimum atomic E-state index is -1.13. The van der Waals surface area contributed by atoms with Crippen LogP contribution in [0.3, 0.4) is 0 Å². The Morgan fingerprint density at radius 1 is 0.481 bits per heavy atom. The van der Waals surface area contributed by atoms with Crippen LogP contribution in [-0.2, 0) is 33.6 Å². The van der Waals surface area contributed by atoms with Crippen molar-refractivity contribution in [1.82, 2.24) is 10.6 Å². The molecule has 0 aliphatic carbocycles. The van der Waals surface area contributed by atoms with Gasteiger partial charge in [0.05, 0.1) is 0 Å². The third-order valence-electron chi connectivity index (χ3n) is 9.99. The predicted octanol–water partition coefficient (Wildman–Crippen LogP) is 9.07. The Morgan fingerprint density at radius 2 is 0.944 bits per heavy atom. The van der Waals surface area contributed by atoms with Gasteiger partial charge in [-0.05, 0) is 57.8 Å². The van der Waals surface area contributed by atoms with Crippen LogP contribution in [0.1, 0.15) is 207 Å². The van der Waals surface area contributed by atoms with Crippen LogP contribution in [0.15, 0.2) is 0 Å². The van der Waals surface area contributed by atoms with Crippen LogP contribution in [0, 0.1) is 11.8 Å². The molecule has 2 atom stereocenters. The molecule has 2 amide bonds. The summed E-state index contributed by atoms with van der Waals surface area (Å²) in [5.41, 5.74) is 0. The van der Waals surface area contributed by atoms with Crippen LogP contribution in [0.5, 0.6) is 0 Å². The quantitative estimate of drug-likeness (QED) is 0.0444. The Morgan fingerprint density at radius 3 is 1.41 bits per heavy atom. The number of nitrogens with one attached hydrogen (secondary N) is 2. The lowest BCUT2D eigenvalue weighted by molar-refractivity contribution is -0.142. The summed E-state index contributed by atoms with van der Waals surface area (Å²) < 4.78 is 0. The molecule has 0 radical (unpaired) electrons. The predicted molar refractivity (Wildman–Crippen MR) is 213 cm³/mol. The van der Waals surface area contributed by atoms with Crippen molar-refractivity contribution in [3.8, 4) is 0 Å². The van der Waals surface area contributed by atoms with E-state index >= 15 is 0 Å². The first-order valence-electron chi connectivity index (χ1n) is 21.4. The molecule has 4 N–H and O–H groups in total.